The normalized spacial score (nSPS) is 19.4. The molecule has 1 unspecified atom stereocenters. The van der Waals surface area contributed by atoms with Gasteiger partial charge < -0.3 is 9.94 Å². The van der Waals surface area contributed by atoms with E-state index in [1.807, 2.05) is 12.1 Å². The molecular formula is C17H20N2O3S. The first-order valence-electron chi connectivity index (χ1n) is 7.81. The fourth-order valence-corrected chi connectivity index (χ4v) is 3.79. The SMILES string of the molecule is O=C(O)C1CCCN(CCO/N=C/c2csc3ccccc23)C1. The molecule has 2 heterocycles. The van der Waals surface area contributed by atoms with Crippen LogP contribution in [0, 0.1) is 5.92 Å². The van der Waals surface area contributed by atoms with Crippen LogP contribution in [0.15, 0.2) is 34.8 Å². The Morgan fingerprint density at radius 1 is 1.48 bits per heavy atom. The highest BCUT2D eigenvalue weighted by atomic mass is 32.1. The molecule has 1 atom stereocenters. The molecule has 0 aliphatic carbocycles. The molecule has 1 aliphatic rings. The van der Waals surface area contributed by atoms with Gasteiger partial charge in [0.1, 0.15) is 6.61 Å². The van der Waals surface area contributed by atoms with E-state index in [9.17, 15) is 4.79 Å². The molecule has 0 amide bonds. The number of aliphatic carboxylic acids is 1. The smallest absolute Gasteiger partial charge is 0.307 e. The molecule has 0 spiro atoms. The van der Waals surface area contributed by atoms with Crippen molar-refractivity contribution in [2.24, 2.45) is 11.1 Å². The Hall–Kier alpha value is -1.92. The van der Waals surface area contributed by atoms with Gasteiger partial charge in [0.25, 0.3) is 0 Å². The first-order chi connectivity index (χ1) is 11.2. The molecule has 0 saturated carbocycles. The maximum atomic E-state index is 11.0. The number of piperidine rings is 1. The van der Waals surface area contributed by atoms with E-state index in [4.69, 9.17) is 9.94 Å². The van der Waals surface area contributed by atoms with Gasteiger partial charge in [0.15, 0.2) is 0 Å². The summed E-state index contributed by atoms with van der Waals surface area (Å²) in [6.45, 7) is 2.74. The Labute approximate surface area is 139 Å². The lowest BCUT2D eigenvalue weighted by Gasteiger charge is -2.29. The van der Waals surface area contributed by atoms with Crippen LogP contribution in [-0.4, -0.2) is 48.4 Å². The highest BCUT2D eigenvalue weighted by Crippen LogP contribution is 2.24. The molecule has 3 rings (SSSR count). The molecule has 1 aromatic carbocycles. The molecule has 5 nitrogen and oxygen atoms in total. The first kappa shape index (κ1) is 16.0. The van der Waals surface area contributed by atoms with Gasteiger partial charge in [-0.15, -0.1) is 11.3 Å². The number of hydrogen-bond acceptors (Lipinski definition) is 5. The fraction of sp³-hybridized carbons (Fsp3) is 0.412. The van der Waals surface area contributed by atoms with Crippen LogP contribution in [0.5, 0.6) is 0 Å². The summed E-state index contributed by atoms with van der Waals surface area (Å²) >= 11 is 1.69. The second-order valence-corrected chi connectivity index (χ2v) is 6.64. The van der Waals surface area contributed by atoms with Crippen molar-refractivity contribution < 1.29 is 14.7 Å². The zero-order valence-electron chi connectivity index (χ0n) is 12.9. The van der Waals surface area contributed by atoms with Gasteiger partial charge in [-0.2, -0.15) is 0 Å². The molecule has 23 heavy (non-hydrogen) atoms. The monoisotopic (exact) mass is 332 g/mol. The van der Waals surface area contributed by atoms with Crippen LogP contribution in [0.4, 0.5) is 0 Å². The number of thiophene rings is 1. The van der Waals surface area contributed by atoms with Crippen molar-refractivity contribution in [3.8, 4) is 0 Å². The summed E-state index contributed by atoms with van der Waals surface area (Å²) in [7, 11) is 0. The average molecular weight is 332 g/mol. The van der Waals surface area contributed by atoms with Crippen LogP contribution in [0.2, 0.25) is 0 Å². The van der Waals surface area contributed by atoms with E-state index in [-0.39, 0.29) is 5.92 Å². The Morgan fingerprint density at radius 2 is 2.35 bits per heavy atom. The Kier molecular flexibility index (Phi) is 5.25. The Bertz CT molecular complexity index is 698. The number of oxime groups is 1. The third kappa shape index (κ3) is 4.09. The zero-order valence-corrected chi connectivity index (χ0v) is 13.7. The average Bonchev–Trinajstić information content (AvgIpc) is 2.98. The number of nitrogens with zero attached hydrogens (tertiary/aromatic N) is 2. The largest absolute Gasteiger partial charge is 0.481 e. The van der Waals surface area contributed by atoms with Gasteiger partial charge in [0.05, 0.1) is 12.1 Å². The quantitative estimate of drug-likeness (QED) is 0.502. The molecule has 1 fully saturated rings. The highest BCUT2D eigenvalue weighted by Gasteiger charge is 2.24. The number of benzene rings is 1. The van der Waals surface area contributed by atoms with Gasteiger partial charge >= 0.3 is 5.97 Å². The first-order valence-corrected chi connectivity index (χ1v) is 8.69. The van der Waals surface area contributed by atoms with Crippen LogP contribution in [0.3, 0.4) is 0 Å². The Morgan fingerprint density at radius 3 is 3.22 bits per heavy atom. The minimum atomic E-state index is -0.696. The summed E-state index contributed by atoms with van der Waals surface area (Å²) in [5.74, 6) is -0.942. The third-order valence-electron chi connectivity index (χ3n) is 4.13. The number of carbonyl (C=O) groups is 1. The lowest BCUT2D eigenvalue weighted by molar-refractivity contribution is -0.143. The fourth-order valence-electron chi connectivity index (χ4n) is 2.88. The molecule has 1 aliphatic heterocycles. The van der Waals surface area contributed by atoms with E-state index in [1.54, 1.807) is 17.6 Å². The van der Waals surface area contributed by atoms with Gasteiger partial charge in [-0.3, -0.25) is 9.69 Å². The highest BCUT2D eigenvalue weighted by molar-refractivity contribution is 7.17. The lowest BCUT2D eigenvalue weighted by atomic mass is 9.98. The molecule has 2 aromatic rings. The van der Waals surface area contributed by atoms with E-state index >= 15 is 0 Å². The van der Waals surface area contributed by atoms with Crippen LogP contribution in [-0.2, 0) is 9.63 Å². The molecule has 0 radical (unpaired) electrons. The number of carboxylic acid groups (broad SMARTS) is 1. The van der Waals surface area contributed by atoms with Gasteiger partial charge in [-0.25, -0.2) is 0 Å². The molecule has 0 bridgehead atoms. The second-order valence-electron chi connectivity index (χ2n) is 5.73. The summed E-state index contributed by atoms with van der Waals surface area (Å²) in [6.07, 6.45) is 3.45. The van der Waals surface area contributed by atoms with Crippen molar-refractivity contribution in [3.05, 3.63) is 35.2 Å². The summed E-state index contributed by atoms with van der Waals surface area (Å²) < 4.78 is 1.24. The number of fused-ring (bicyclic) bond motifs is 1. The Balaban J connectivity index is 1.45. The standard InChI is InChI=1S/C17H20N2O3S/c20-17(21)13-4-3-7-19(11-13)8-9-22-18-10-14-12-23-16-6-2-1-5-15(14)16/h1-2,5-6,10,12-13H,3-4,7-9,11H2,(H,20,21)/b18-10+. The van der Waals surface area contributed by atoms with Crippen LogP contribution in [0.1, 0.15) is 18.4 Å². The molecule has 122 valence electrons. The van der Waals surface area contributed by atoms with Crippen molar-refractivity contribution >= 4 is 33.6 Å². The van der Waals surface area contributed by atoms with E-state index in [0.29, 0.717) is 19.7 Å². The zero-order chi connectivity index (χ0) is 16.1. The number of rotatable bonds is 6. The molecular weight excluding hydrogens is 312 g/mol. The van der Waals surface area contributed by atoms with Crippen molar-refractivity contribution in [1.29, 1.82) is 0 Å². The maximum Gasteiger partial charge on any atom is 0.307 e. The predicted molar refractivity (Wildman–Crippen MR) is 92.2 cm³/mol. The van der Waals surface area contributed by atoms with Crippen molar-refractivity contribution in [1.82, 2.24) is 4.90 Å². The van der Waals surface area contributed by atoms with Crippen molar-refractivity contribution in [2.45, 2.75) is 12.8 Å². The second kappa shape index (κ2) is 7.57. The minimum Gasteiger partial charge on any atom is -0.481 e. The van der Waals surface area contributed by atoms with E-state index in [2.05, 4.69) is 27.6 Å². The summed E-state index contributed by atoms with van der Waals surface area (Å²) in [6, 6.07) is 8.21. The van der Waals surface area contributed by atoms with Gasteiger partial charge in [-0.1, -0.05) is 23.4 Å². The minimum absolute atomic E-state index is 0.246. The molecule has 1 saturated heterocycles. The predicted octanol–water partition coefficient (Wildman–Crippen LogP) is 3.05. The maximum absolute atomic E-state index is 11.0. The van der Waals surface area contributed by atoms with E-state index in [1.165, 1.54) is 10.1 Å². The van der Waals surface area contributed by atoms with Crippen molar-refractivity contribution in [3.63, 3.8) is 0 Å². The summed E-state index contributed by atoms with van der Waals surface area (Å²) in [5, 5.41) is 16.4. The van der Waals surface area contributed by atoms with Gasteiger partial charge in [0, 0.05) is 34.1 Å². The summed E-state index contributed by atoms with van der Waals surface area (Å²) in [4.78, 5) is 18.5. The molecule has 1 N–H and O–H groups in total. The topological polar surface area (TPSA) is 62.1 Å². The van der Waals surface area contributed by atoms with E-state index in [0.717, 1.165) is 24.9 Å². The van der Waals surface area contributed by atoms with Crippen LogP contribution in [0.25, 0.3) is 10.1 Å². The number of likely N-dealkylation sites (tertiary alicyclic amines) is 1. The van der Waals surface area contributed by atoms with Crippen LogP contribution < -0.4 is 0 Å². The third-order valence-corrected chi connectivity index (χ3v) is 5.11. The van der Waals surface area contributed by atoms with Gasteiger partial charge in [0.2, 0.25) is 0 Å². The van der Waals surface area contributed by atoms with Crippen molar-refractivity contribution in [2.75, 3.05) is 26.2 Å². The number of hydrogen-bond donors (Lipinski definition) is 1. The van der Waals surface area contributed by atoms with Crippen LogP contribution >= 0.6 is 11.3 Å². The van der Waals surface area contributed by atoms with E-state index < -0.39 is 5.97 Å². The molecule has 6 heteroatoms. The molecule has 1 aromatic heterocycles. The van der Waals surface area contributed by atoms with Gasteiger partial charge in [-0.05, 0) is 25.5 Å². The lowest BCUT2D eigenvalue weighted by Crippen LogP contribution is -2.40. The summed E-state index contributed by atoms with van der Waals surface area (Å²) in [5.41, 5.74) is 1.06. The number of carboxylic acids is 1.